The Hall–Kier alpha value is -1.81. The van der Waals surface area contributed by atoms with Crippen LogP contribution in [0.3, 0.4) is 0 Å². The maximum atomic E-state index is 4.11. The summed E-state index contributed by atoms with van der Waals surface area (Å²) < 4.78 is 2.03. The highest BCUT2D eigenvalue weighted by Crippen LogP contribution is 2.22. The minimum absolute atomic E-state index is 0.491. The highest BCUT2D eigenvalue weighted by molar-refractivity contribution is 5.51. The first-order chi connectivity index (χ1) is 10.2. The van der Waals surface area contributed by atoms with Gasteiger partial charge in [-0.15, -0.1) is 0 Å². The Labute approximate surface area is 126 Å². The van der Waals surface area contributed by atoms with Gasteiger partial charge in [0.25, 0.3) is 0 Å². The maximum Gasteiger partial charge on any atom is 0.0991 e. The van der Waals surface area contributed by atoms with Gasteiger partial charge in [0.15, 0.2) is 0 Å². The number of imidazole rings is 1. The van der Waals surface area contributed by atoms with Crippen LogP contribution in [0.25, 0.3) is 5.69 Å². The van der Waals surface area contributed by atoms with Gasteiger partial charge in [-0.2, -0.15) is 0 Å². The van der Waals surface area contributed by atoms with Gasteiger partial charge in [-0.1, -0.05) is 6.07 Å². The van der Waals surface area contributed by atoms with E-state index >= 15 is 0 Å². The molecule has 2 atom stereocenters. The lowest BCUT2D eigenvalue weighted by atomic mass is 9.92. The summed E-state index contributed by atoms with van der Waals surface area (Å²) in [5.74, 6) is 0.723. The van der Waals surface area contributed by atoms with E-state index in [0.29, 0.717) is 6.04 Å². The summed E-state index contributed by atoms with van der Waals surface area (Å²) in [4.78, 5) is 6.55. The molecule has 112 valence electrons. The van der Waals surface area contributed by atoms with Crippen LogP contribution in [0, 0.1) is 5.92 Å². The Morgan fingerprint density at radius 2 is 2.29 bits per heavy atom. The van der Waals surface area contributed by atoms with Gasteiger partial charge in [0.05, 0.1) is 6.33 Å². The molecule has 1 fully saturated rings. The molecule has 1 aromatic carbocycles. The normalized spacial score (nSPS) is 21.1. The van der Waals surface area contributed by atoms with Gasteiger partial charge >= 0.3 is 0 Å². The summed E-state index contributed by atoms with van der Waals surface area (Å²) in [6.45, 7) is 4.72. The van der Waals surface area contributed by atoms with E-state index in [2.05, 4.69) is 53.4 Å². The van der Waals surface area contributed by atoms with Gasteiger partial charge in [0, 0.05) is 36.4 Å². The van der Waals surface area contributed by atoms with E-state index < -0.39 is 0 Å². The number of aromatic nitrogens is 2. The van der Waals surface area contributed by atoms with Gasteiger partial charge in [-0.3, -0.25) is 0 Å². The molecule has 4 heteroatoms. The molecule has 0 amide bonds. The van der Waals surface area contributed by atoms with E-state index in [9.17, 15) is 0 Å². The first-order valence-electron chi connectivity index (χ1n) is 7.76. The van der Waals surface area contributed by atoms with Crippen LogP contribution in [0.2, 0.25) is 0 Å². The highest BCUT2D eigenvalue weighted by atomic mass is 15.1. The van der Waals surface area contributed by atoms with Crippen LogP contribution < -0.4 is 5.32 Å². The molecule has 1 aliphatic rings. The summed E-state index contributed by atoms with van der Waals surface area (Å²) >= 11 is 0. The number of hydrogen-bond donors (Lipinski definition) is 1. The third-order valence-electron chi connectivity index (χ3n) is 4.41. The molecule has 2 aromatic rings. The Morgan fingerprint density at radius 3 is 3.05 bits per heavy atom. The average molecular weight is 284 g/mol. The second kappa shape index (κ2) is 6.31. The van der Waals surface area contributed by atoms with Crippen molar-refractivity contribution in [3.8, 4) is 5.69 Å². The van der Waals surface area contributed by atoms with E-state index in [1.165, 1.54) is 31.6 Å². The van der Waals surface area contributed by atoms with Crippen molar-refractivity contribution < 1.29 is 0 Å². The molecule has 21 heavy (non-hydrogen) atoms. The van der Waals surface area contributed by atoms with Crippen molar-refractivity contribution in [2.24, 2.45) is 5.92 Å². The summed E-state index contributed by atoms with van der Waals surface area (Å²) in [6, 6.07) is 9.02. The van der Waals surface area contributed by atoms with Crippen molar-refractivity contribution in [3.05, 3.63) is 43.0 Å². The second-order valence-corrected chi connectivity index (χ2v) is 6.12. The number of nitrogens with one attached hydrogen (secondary N) is 1. The van der Waals surface area contributed by atoms with Crippen molar-refractivity contribution in [2.75, 3.05) is 25.5 Å². The number of piperidine rings is 1. The van der Waals surface area contributed by atoms with Gasteiger partial charge < -0.3 is 14.8 Å². The molecule has 0 bridgehead atoms. The second-order valence-electron chi connectivity index (χ2n) is 6.12. The molecule has 0 radical (unpaired) electrons. The molecule has 2 unspecified atom stereocenters. The monoisotopic (exact) mass is 284 g/mol. The van der Waals surface area contributed by atoms with Crippen LogP contribution in [0.5, 0.6) is 0 Å². The fourth-order valence-electron chi connectivity index (χ4n) is 3.16. The Morgan fingerprint density at radius 1 is 1.38 bits per heavy atom. The average Bonchev–Trinajstić information content (AvgIpc) is 3.02. The predicted octanol–water partition coefficient (Wildman–Crippen LogP) is 3.01. The molecule has 0 spiro atoms. The molecular formula is C17H24N4. The molecule has 2 heterocycles. The molecular weight excluding hydrogens is 260 g/mol. The minimum atomic E-state index is 0.491. The molecule has 1 N–H and O–H groups in total. The van der Waals surface area contributed by atoms with E-state index in [-0.39, 0.29) is 0 Å². The number of likely N-dealkylation sites (tertiary alicyclic amines) is 1. The molecule has 1 saturated heterocycles. The van der Waals surface area contributed by atoms with Crippen LogP contribution in [-0.2, 0) is 0 Å². The lowest BCUT2D eigenvalue weighted by Crippen LogP contribution is -2.39. The van der Waals surface area contributed by atoms with Gasteiger partial charge in [-0.25, -0.2) is 4.98 Å². The predicted molar refractivity (Wildman–Crippen MR) is 86.9 cm³/mol. The lowest BCUT2D eigenvalue weighted by Gasteiger charge is -2.34. The zero-order chi connectivity index (χ0) is 14.7. The summed E-state index contributed by atoms with van der Waals surface area (Å²) in [5.41, 5.74) is 2.33. The van der Waals surface area contributed by atoms with Gasteiger partial charge in [0.2, 0.25) is 0 Å². The van der Waals surface area contributed by atoms with Crippen molar-refractivity contribution in [2.45, 2.75) is 25.8 Å². The highest BCUT2D eigenvalue weighted by Gasteiger charge is 2.22. The maximum absolute atomic E-state index is 4.11. The van der Waals surface area contributed by atoms with Crippen LogP contribution in [-0.4, -0.2) is 40.6 Å². The summed E-state index contributed by atoms with van der Waals surface area (Å²) in [5, 5.41) is 3.67. The lowest BCUT2D eigenvalue weighted by molar-refractivity contribution is 0.197. The Bertz CT molecular complexity index is 564. The molecule has 1 aromatic heterocycles. The molecule has 0 aliphatic carbocycles. The molecule has 1 aliphatic heterocycles. The zero-order valence-corrected chi connectivity index (χ0v) is 12.9. The molecule has 0 saturated carbocycles. The summed E-state index contributed by atoms with van der Waals surface area (Å²) in [6.07, 6.45) is 8.24. The fraction of sp³-hybridized carbons (Fsp3) is 0.471. The smallest absolute Gasteiger partial charge is 0.0991 e. The fourth-order valence-corrected chi connectivity index (χ4v) is 3.16. The first-order valence-corrected chi connectivity index (χ1v) is 7.76. The minimum Gasteiger partial charge on any atom is -0.382 e. The van der Waals surface area contributed by atoms with E-state index in [1.807, 2.05) is 17.1 Å². The third kappa shape index (κ3) is 3.45. The van der Waals surface area contributed by atoms with Gasteiger partial charge in [-0.05, 0) is 57.5 Å². The largest absolute Gasteiger partial charge is 0.382 e. The Balaban J connectivity index is 1.68. The van der Waals surface area contributed by atoms with E-state index in [1.54, 1.807) is 6.20 Å². The standard InChI is InChI=1S/C17H24N4/c1-14(15-5-4-9-20(2)12-15)19-16-6-3-7-17(11-16)21-10-8-18-13-21/h3,6-8,10-11,13-15,19H,4-5,9,12H2,1-2H3. The van der Waals surface area contributed by atoms with Crippen molar-refractivity contribution in [1.29, 1.82) is 0 Å². The van der Waals surface area contributed by atoms with E-state index in [0.717, 1.165) is 11.6 Å². The molecule has 4 nitrogen and oxygen atoms in total. The zero-order valence-electron chi connectivity index (χ0n) is 12.9. The van der Waals surface area contributed by atoms with Crippen LogP contribution in [0.4, 0.5) is 5.69 Å². The van der Waals surface area contributed by atoms with Crippen LogP contribution in [0.15, 0.2) is 43.0 Å². The van der Waals surface area contributed by atoms with E-state index in [4.69, 9.17) is 0 Å². The SMILES string of the molecule is CC(Nc1cccc(-n2ccnc2)c1)C1CCCN(C)C1. The third-order valence-corrected chi connectivity index (χ3v) is 4.41. The van der Waals surface area contributed by atoms with Crippen LogP contribution in [0.1, 0.15) is 19.8 Å². The topological polar surface area (TPSA) is 33.1 Å². The van der Waals surface area contributed by atoms with Crippen LogP contribution >= 0.6 is 0 Å². The van der Waals surface area contributed by atoms with Gasteiger partial charge in [0.1, 0.15) is 0 Å². The number of benzene rings is 1. The first kappa shape index (κ1) is 14.1. The number of anilines is 1. The number of hydrogen-bond acceptors (Lipinski definition) is 3. The van der Waals surface area contributed by atoms with Crippen molar-refractivity contribution in [3.63, 3.8) is 0 Å². The Kier molecular flexibility index (Phi) is 4.25. The van der Waals surface area contributed by atoms with Crippen molar-refractivity contribution in [1.82, 2.24) is 14.5 Å². The number of nitrogens with zero attached hydrogens (tertiary/aromatic N) is 3. The van der Waals surface area contributed by atoms with Crippen molar-refractivity contribution >= 4 is 5.69 Å². The summed E-state index contributed by atoms with van der Waals surface area (Å²) in [7, 11) is 2.22. The number of rotatable bonds is 4. The quantitative estimate of drug-likeness (QED) is 0.937. The molecule has 3 rings (SSSR count).